The third-order valence-electron chi connectivity index (χ3n) is 7.05. The number of hydrogen-bond donors (Lipinski definition) is 2. The Hall–Kier alpha value is -1.16. The standard InChI is InChI=1S/C23H22Cl2N2O3.Na/c24-15-6-17(25)20-16(21(22(29)30)27-18(20)7-15)1-2-19(28)26-11-23-8-12-3-13(9-23)5-14(4-12)10-23;/h6-7,12-14,27H,3-5,8-11H2,(H,26,28)(H,29,30);/q;+1/p-1. The number of aromatic amines is 1. The average Bonchev–Trinajstić information content (AvgIpc) is 3.02. The number of aromatic nitrogens is 1. The molecule has 5 nitrogen and oxygen atoms in total. The van der Waals surface area contributed by atoms with Crippen LogP contribution >= 0.6 is 23.2 Å². The first-order valence-corrected chi connectivity index (χ1v) is 11.0. The summed E-state index contributed by atoms with van der Waals surface area (Å²) in [5.41, 5.74) is 0.694. The molecule has 2 aromatic rings. The Balaban J connectivity index is 0.00000231. The normalized spacial score (nSPS) is 28.8. The first-order valence-electron chi connectivity index (χ1n) is 10.3. The van der Waals surface area contributed by atoms with Crippen molar-refractivity contribution in [2.45, 2.75) is 38.5 Å². The maximum Gasteiger partial charge on any atom is 1.00 e. The van der Waals surface area contributed by atoms with Crippen LogP contribution in [-0.2, 0) is 0 Å². The molecular weight excluding hydrogens is 446 g/mol. The molecule has 0 aliphatic heterocycles. The summed E-state index contributed by atoms with van der Waals surface area (Å²) in [6, 6.07) is 3.11. The number of hydrogen-bond acceptors (Lipinski definition) is 3. The monoisotopic (exact) mass is 466 g/mol. The summed E-state index contributed by atoms with van der Waals surface area (Å²) in [5, 5.41) is 23.1. The minimum Gasteiger partial charge on any atom is -0.853 e. The molecule has 4 saturated carbocycles. The van der Waals surface area contributed by atoms with E-state index in [-0.39, 0.29) is 51.3 Å². The van der Waals surface area contributed by atoms with Crippen LogP contribution in [0, 0.1) is 35.0 Å². The Morgan fingerprint density at radius 3 is 2.39 bits per heavy atom. The van der Waals surface area contributed by atoms with Gasteiger partial charge in [-0.3, -0.25) is 4.99 Å². The summed E-state index contributed by atoms with van der Waals surface area (Å²) in [7, 11) is 0. The van der Waals surface area contributed by atoms with E-state index in [1.807, 2.05) is 0 Å². The van der Waals surface area contributed by atoms with Gasteiger partial charge in [-0.25, -0.2) is 4.79 Å². The number of carbonyl (C=O) groups is 1. The largest absolute Gasteiger partial charge is 1.00 e. The molecule has 4 fully saturated rings. The van der Waals surface area contributed by atoms with Crippen molar-refractivity contribution in [2.75, 3.05) is 6.54 Å². The molecule has 0 amide bonds. The number of halogens is 2. The number of benzene rings is 1. The Labute approximate surface area is 212 Å². The maximum atomic E-state index is 12.4. The Bertz CT molecular complexity index is 1110. The van der Waals surface area contributed by atoms with Crippen molar-refractivity contribution in [3.05, 3.63) is 33.4 Å². The van der Waals surface area contributed by atoms with Gasteiger partial charge in [0.05, 0.1) is 16.1 Å². The molecule has 0 spiro atoms. The van der Waals surface area contributed by atoms with Gasteiger partial charge >= 0.3 is 35.5 Å². The number of carboxylic acid groups (broad SMARTS) is 1. The summed E-state index contributed by atoms with van der Waals surface area (Å²) in [4.78, 5) is 18.7. The van der Waals surface area contributed by atoms with Gasteiger partial charge in [-0.1, -0.05) is 35.0 Å². The molecule has 1 heterocycles. The van der Waals surface area contributed by atoms with Crippen molar-refractivity contribution in [1.82, 2.24) is 4.98 Å². The molecule has 8 heteroatoms. The fraction of sp³-hybridized carbons (Fsp3) is 0.478. The van der Waals surface area contributed by atoms with E-state index in [1.165, 1.54) is 44.6 Å². The predicted octanol–water partition coefficient (Wildman–Crippen LogP) is 1.50. The smallest absolute Gasteiger partial charge is 0.853 e. The molecule has 2 N–H and O–H groups in total. The molecule has 0 radical (unpaired) electrons. The molecule has 0 atom stereocenters. The van der Waals surface area contributed by atoms with E-state index >= 15 is 0 Å². The van der Waals surface area contributed by atoms with E-state index in [9.17, 15) is 15.0 Å². The molecule has 0 unspecified atom stereocenters. The zero-order chi connectivity index (χ0) is 21.0. The van der Waals surface area contributed by atoms with Crippen molar-refractivity contribution in [1.29, 1.82) is 0 Å². The number of fused-ring (bicyclic) bond motifs is 1. The van der Waals surface area contributed by atoms with E-state index in [4.69, 9.17) is 23.2 Å². The molecule has 0 saturated heterocycles. The van der Waals surface area contributed by atoms with Gasteiger partial charge < -0.3 is 15.2 Å². The second kappa shape index (κ2) is 8.65. The van der Waals surface area contributed by atoms with Crippen LogP contribution in [0.2, 0.25) is 10.0 Å². The Morgan fingerprint density at radius 2 is 1.81 bits per heavy atom. The number of nitrogens with one attached hydrogen (secondary N) is 1. The number of aromatic carboxylic acids is 1. The van der Waals surface area contributed by atoms with Crippen LogP contribution in [0.4, 0.5) is 0 Å². The topological polar surface area (TPSA) is 88.5 Å². The fourth-order valence-electron chi connectivity index (χ4n) is 6.41. The van der Waals surface area contributed by atoms with Crippen LogP contribution in [0.5, 0.6) is 0 Å². The second-order valence-electron chi connectivity index (χ2n) is 9.28. The number of carboxylic acids is 1. The van der Waals surface area contributed by atoms with Crippen molar-refractivity contribution in [3.8, 4) is 11.8 Å². The van der Waals surface area contributed by atoms with E-state index in [1.54, 1.807) is 6.07 Å². The summed E-state index contributed by atoms with van der Waals surface area (Å²) < 4.78 is 0. The van der Waals surface area contributed by atoms with E-state index in [0.717, 1.165) is 17.8 Å². The van der Waals surface area contributed by atoms with Gasteiger partial charge in [0.15, 0.2) is 0 Å². The molecule has 1 aromatic carbocycles. The van der Waals surface area contributed by atoms with Gasteiger partial charge in [0.1, 0.15) is 5.69 Å². The quantitative estimate of drug-likeness (QED) is 0.311. The molecular formula is C23H21Cl2N2NaO3. The molecule has 4 bridgehead atoms. The van der Waals surface area contributed by atoms with Gasteiger partial charge in [0, 0.05) is 22.9 Å². The third kappa shape index (κ3) is 4.38. The minimum atomic E-state index is -1.18. The van der Waals surface area contributed by atoms with Crippen LogP contribution < -0.4 is 34.7 Å². The molecule has 31 heavy (non-hydrogen) atoms. The first-order chi connectivity index (χ1) is 14.3. The number of rotatable bonds is 3. The summed E-state index contributed by atoms with van der Waals surface area (Å²) in [6.45, 7) is 0.528. The zero-order valence-corrected chi connectivity index (χ0v) is 20.8. The second-order valence-corrected chi connectivity index (χ2v) is 10.1. The molecule has 156 valence electrons. The van der Waals surface area contributed by atoms with Gasteiger partial charge in [0.25, 0.3) is 0 Å². The van der Waals surface area contributed by atoms with Crippen LogP contribution in [0.1, 0.15) is 54.6 Å². The SMILES string of the molecule is O=C(O)c1[nH]c2cc(Cl)cc(Cl)c2c1C#CC([O-])=NCC12CC3CC(CC(C3)C1)C2.[Na+]. The van der Waals surface area contributed by atoms with Crippen LogP contribution in [-0.4, -0.2) is 28.5 Å². The Kier molecular flexibility index (Phi) is 6.42. The molecule has 4 aliphatic carbocycles. The fourth-order valence-corrected chi connectivity index (χ4v) is 7.00. The average molecular weight is 467 g/mol. The molecule has 6 rings (SSSR count). The first kappa shape index (κ1) is 23.0. The van der Waals surface area contributed by atoms with Gasteiger partial charge in [-0.2, -0.15) is 0 Å². The van der Waals surface area contributed by atoms with Crippen molar-refractivity contribution >= 4 is 46.0 Å². The van der Waals surface area contributed by atoms with Crippen LogP contribution in [0.25, 0.3) is 10.9 Å². The van der Waals surface area contributed by atoms with E-state index < -0.39 is 11.9 Å². The zero-order valence-electron chi connectivity index (χ0n) is 17.3. The summed E-state index contributed by atoms with van der Waals surface area (Å²) in [5.74, 6) is 5.92. The Morgan fingerprint density at radius 1 is 1.19 bits per heavy atom. The number of aliphatic imine (C=N–C) groups is 1. The number of nitrogens with zero attached hydrogens (tertiary/aromatic N) is 1. The van der Waals surface area contributed by atoms with Gasteiger partial charge in [-0.05, 0) is 73.8 Å². The van der Waals surface area contributed by atoms with Crippen LogP contribution in [0.3, 0.4) is 0 Å². The van der Waals surface area contributed by atoms with Gasteiger partial charge in [-0.15, -0.1) is 0 Å². The van der Waals surface area contributed by atoms with Crippen molar-refractivity contribution in [2.24, 2.45) is 28.2 Å². The summed E-state index contributed by atoms with van der Waals surface area (Å²) >= 11 is 12.3. The van der Waals surface area contributed by atoms with Gasteiger partial charge in [0.2, 0.25) is 0 Å². The molecule has 4 aliphatic rings. The maximum absolute atomic E-state index is 12.4. The van der Waals surface area contributed by atoms with E-state index in [0.29, 0.717) is 22.5 Å². The molecule has 1 aromatic heterocycles. The minimum absolute atomic E-state index is 0. The summed E-state index contributed by atoms with van der Waals surface area (Å²) in [6.07, 6.45) is 7.55. The predicted molar refractivity (Wildman–Crippen MR) is 115 cm³/mol. The van der Waals surface area contributed by atoms with Crippen molar-refractivity contribution < 1.29 is 44.6 Å². The van der Waals surface area contributed by atoms with Crippen molar-refractivity contribution in [3.63, 3.8) is 0 Å². The number of H-pyrrole nitrogens is 1. The third-order valence-corrected chi connectivity index (χ3v) is 7.56. The van der Waals surface area contributed by atoms with Crippen LogP contribution in [0.15, 0.2) is 17.1 Å². The van der Waals surface area contributed by atoms with E-state index in [2.05, 4.69) is 21.8 Å².